The Kier molecular flexibility index (Phi) is 23.3. The predicted molar refractivity (Wildman–Crippen MR) is 145 cm³/mol. The predicted octanol–water partition coefficient (Wildman–Crippen LogP) is 15.2. The average Bonchev–Trinajstić information content (AvgIpc) is 3.24. The van der Waals surface area contributed by atoms with Crippen LogP contribution in [0.5, 0.6) is 0 Å². The number of hydrogen-bond donors (Lipinski definition) is 3. The van der Waals surface area contributed by atoms with E-state index in [-0.39, 0.29) is 40.4 Å². The molecule has 0 aromatic carbocycles. The van der Waals surface area contributed by atoms with Crippen molar-refractivity contribution in [1.82, 2.24) is 0 Å². The van der Waals surface area contributed by atoms with Crippen LogP contribution in [0.1, 0.15) is 0 Å². The first-order chi connectivity index (χ1) is 35.1. The van der Waals surface area contributed by atoms with E-state index in [9.17, 15) is 238 Å². The summed E-state index contributed by atoms with van der Waals surface area (Å²) >= 11 is 0. The monoisotopic (exact) mass is 1540 g/mol. The van der Waals surface area contributed by atoms with Crippen molar-refractivity contribution in [3.8, 4) is 0 Å². The minimum absolute atomic E-state index is 0. The van der Waals surface area contributed by atoms with Crippen molar-refractivity contribution >= 4 is 17.9 Å². The molecule has 0 saturated heterocycles. The Balaban J connectivity index is -0.000000576. The molecule has 0 aromatic rings. The normalized spacial score (nSPS) is 16.1. The Labute approximate surface area is 454 Å². The van der Waals surface area contributed by atoms with Gasteiger partial charge in [0, 0.05) is 40.4 Å². The van der Waals surface area contributed by atoms with Crippen molar-refractivity contribution < 1.29 is 294 Å². The van der Waals surface area contributed by atoms with Gasteiger partial charge in [-0.15, -0.1) is 0 Å². The molecule has 0 atom stereocenters. The zero-order chi connectivity index (χ0) is 70.7. The molecule has 0 rings (SSSR count). The van der Waals surface area contributed by atoms with E-state index in [0.717, 1.165) is 0 Å². The number of carbonyl (C=O) groups is 3. The molecular weight excluding hydrogens is 1540 g/mol. The third-order valence-corrected chi connectivity index (χ3v) is 8.97. The van der Waals surface area contributed by atoms with E-state index < -0.39 is 161 Å². The first kappa shape index (κ1) is 87.6. The van der Waals surface area contributed by atoms with Crippen molar-refractivity contribution in [2.45, 2.75) is 143 Å². The molecule has 0 aliphatic heterocycles. The van der Waals surface area contributed by atoms with Crippen LogP contribution in [0.2, 0.25) is 0 Å². The molecule has 0 amide bonds. The van der Waals surface area contributed by atoms with E-state index in [1.807, 2.05) is 0 Å². The molecule has 0 heterocycles. The molecule has 0 saturated carbocycles. The molecule has 85 heavy (non-hydrogen) atoms. The van der Waals surface area contributed by atoms with E-state index in [1.54, 1.807) is 0 Å². The van der Waals surface area contributed by atoms with Gasteiger partial charge in [-0.25, -0.2) is 14.4 Å². The van der Waals surface area contributed by atoms with Gasteiger partial charge in [0.05, 0.1) is 0 Å². The van der Waals surface area contributed by atoms with E-state index in [2.05, 4.69) is 0 Å². The van der Waals surface area contributed by atoms with Crippen LogP contribution in [0.25, 0.3) is 0 Å². The Hall–Kier alpha value is -3.82. The molecular formula is C27H3F51O6Sm. The van der Waals surface area contributed by atoms with E-state index in [4.69, 9.17) is 15.3 Å². The number of carboxylic acids is 3. The van der Waals surface area contributed by atoms with Gasteiger partial charge in [0.1, 0.15) is 0 Å². The number of alkyl halides is 51. The summed E-state index contributed by atoms with van der Waals surface area (Å²) in [6.07, 6.45) is -23.5. The first-order valence-corrected chi connectivity index (χ1v) is 16.9. The summed E-state index contributed by atoms with van der Waals surface area (Å²) in [5, 5.41) is 22.8. The second-order valence-corrected chi connectivity index (χ2v) is 14.5. The largest absolute Gasteiger partial charge is 0.477 e. The molecule has 0 fully saturated rings. The van der Waals surface area contributed by atoms with Gasteiger partial charge >= 0.3 is 161 Å². The fourth-order valence-corrected chi connectivity index (χ4v) is 3.89. The van der Waals surface area contributed by atoms with Gasteiger partial charge in [0.25, 0.3) is 0 Å². The molecule has 0 bridgehead atoms. The maximum absolute atomic E-state index is 13.0. The Morgan fingerprint density at radius 3 is 0.294 bits per heavy atom. The summed E-state index contributed by atoms with van der Waals surface area (Å²) in [6.45, 7) is 0. The topological polar surface area (TPSA) is 112 Å². The minimum atomic E-state index is -8.76. The maximum Gasteiger partial charge on any atom is 0.460 e. The van der Waals surface area contributed by atoms with Gasteiger partial charge in [-0.3, -0.25) is 0 Å². The van der Waals surface area contributed by atoms with Crippen LogP contribution in [0, 0.1) is 40.4 Å². The summed E-state index contributed by atoms with van der Waals surface area (Å²) in [7, 11) is 0. The summed E-state index contributed by atoms with van der Waals surface area (Å²) in [6, 6.07) is 0. The third-order valence-electron chi connectivity index (χ3n) is 8.97. The fourth-order valence-electron chi connectivity index (χ4n) is 3.89. The summed E-state index contributed by atoms with van der Waals surface area (Å²) in [4.78, 5) is 29.3. The zero-order valence-corrected chi connectivity index (χ0v) is 38.4. The molecule has 0 aliphatic rings. The smallest absolute Gasteiger partial charge is 0.460 e. The van der Waals surface area contributed by atoms with Gasteiger partial charge in [-0.05, 0) is 0 Å². The number of hydrogen-bond acceptors (Lipinski definition) is 3. The van der Waals surface area contributed by atoms with Crippen LogP contribution in [-0.2, 0) is 14.4 Å². The summed E-state index contributed by atoms with van der Waals surface area (Å²) < 4.78 is 642. The summed E-state index contributed by atoms with van der Waals surface area (Å²) in [5.41, 5.74) is 0. The Morgan fingerprint density at radius 1 is 0.153 bits per heavy atom. The van der Waals surface area contributed by atoms with Crippen LogP contribution < -0.4 is 0 Å². The van der Waals surface area contributed by atoms with Crippen LogP contribution in [0.3, 0.4) is 0 Å². The van der Waals surface area contributed by atoms with Crippen molar-refractivity contribution in [2.75, 3.05) is 0 Å². The molecule has 58 heteroatoms. The zero-order valence-electron chi connectivity index (χ0n) is 35.8. The molecule has 3 N–H and O–H groups in total. The molecule has 0 radical (unpaired) electrons. The number of rotatable bonds is 21. The molecule has 0 aliphatic carbocycles. The SMILES string of the molecule is O=C(O)C(F)(F)C(F)(F)C(F)(F)C(F)(F)C(F)(F)C(F)(F)C(F)(F)C(F)(F)F.O=C(O)C(F)(F)C(F)(F)C(F)(F)C(F)(F)C(F)(F)C(F)(F)C(F)(F)C(F)(F)F.O=C(O)C(F)(F)C(F)(F)C(F)(F)C(F)(F)C(F)(F)C(F)(F)C(F)(F)C(F)(F)F.[Sm]. The van der Waals surface area contributed by atoms with Gasteiger partial charge in [-0.2, -0.15) is 224 Å². The third kappa shape index (κ3) is 11.9. The van der Waals surface area contributed by atoms with Crippen molar-refractivity contribution in [2.24, 2.45) is 0 Å². The van der Waals surface area contributed by atoms with Crippen molar-refractivity contribution in [3.63, 3.8) is 0 Å². The number of aliphatic carboxylic acids is 3. The van der Waals surface area contributed by atoms with Gasteiger partial charge in [0.2, 0.25) is 0 Å². The Morgan fingerprint density at radius 2 is 0.224 bits per heavy atom. The number of halogens is 51. The quantitative estimate of drug-likeness (QED) is 0.0987. The van der Waals surface area contributed by atoms with E-state index >= 15 is 0 Å². The molecule has 6 nitrogen and oxygen atoms in total. The second-order valence-electron chi connectivity index (χ2n) is 14.5. The van der Waals surface area contributed by atoms with Crippen LogP contribution >= 0.6 is 0 Å². The van der Waals surface area contributed by atoms with Crippen LogP contribution in [0.4, 0.5) is 224 Å². The van der Waals surface area contributed by atoms with Crippen LogP contribution in [-0.4, -0.2) is 176 Å². The van der Waals surface area contributed by atoms with Gasteiger partial charge in [-0.1, -0.05) is 0 Å². The fraction of sp³-hybridized carbons (Fsp3) is 0.889. The molecule has 0 aromatic heterocycles. The molecule has 510 valence electrons. The first-order valence-electron chi connectivity index (χ1n) is 16.9. The van der Waals surface area contributed by atoms with Gasteiger partial charge in [0.15, 0.2) is 0 Å². The maximum atomic E-state index is 13.0. The average molecular weight is 1540 g/mol. The molecule has 0 unspecified atom stereocenters. The second kappa shape index (κ2) is 22.6. The Bertz CT molecular complexity index is 2110. The summed E-state index contributed by atoms with van der Waals surface area (Å²) in [5.74, 6) is -189. The van der Waals surface area contributed by atoms with E-state index in [0.29, 0.717) is 0 Å². The van der Waals surface area contributed by atoms with Crippen LogP contribution in [0.15, 0.2) is 0 Å². The van der Waals surface area contributed by atoms with Gasteiger partial charge < -0.3 is 15.3 Å². The molecule has 0 spiro atoms. The van der Waals surface area contributed by atoms with Crippen molar-refractivity contribution in [3.05, 3.63) is 0 Å². The van der Waals surface area contributed by atoms with E-state index in [1.165, 1.54) is 0 Å². The standard InChI is InChI=1S/3C9HF17O2.Sm/c3*10-2(11,1(27)28)3(12,13)4(14,15)5(16,17)6(18,19)7(20,21)8(22,23)9(24,25)26;/h3*(H,27,28);. The minimum Gasteiger partial charge on any atom is -0.477 e. The number of carboxylic acid groups (broad SMARTS) is 3. The van der Waals surface area contributed by atoms with Crippen molar-refractivity contribution in [1.29, 1.82) is 0 Å².